The molecule has 0 fully saturated rings. The van der Waals surface area contributed by atoms with Crippen LogP contribution >= 0.6 is 0 Å². The lowest BCUT2D eigenvalue weighted by Gasteiger charge is -2.16. The van der Waals surface area contributed by atoms with Gasteiger partial charge in [0.05, 0.1) is 6.26 Å². The molecule has 0 amide bonds. The predicted molar refractivity (Wildman–Crippen MR) is 41.2 cm³/mol. The van der Waals surface area contributed by atoms with E-state index in [-0.39, 0.29) is 18.7 Å². The number of alkyl halides is 3. The highest BCUT2D eigenvalue weighted by atomic mass is 19.4. The smallest absolute Gasteiger partial charge is 0.398 e. The molecule has 1 aromatic heterocycles. The van der Waals surface area contributed by atoms with E-state index in [4.69, 9.17) is 10.2 Å². The maximum Gasteiger partial charge on any atom is 0.398 e. The van der Waals surface area contributed by atoms with Crippen molar-refractivity contribution >= 4 is 0 Å². The third kappa shape index (κ3) is 2.48. The Bertz CT molecular complexity index is 242. The number of hydrogen-bond donors (Lipinski definition) is 1. The van der Waals surface area contributed by atoms with Crippen LogP contribution in [0.1, 0.15) is 18.1 Å². The van der Waals surface area contributed by atoms with Crippen molar-refractivity contribution in [3.63, 3.8) is 0 Å². The number of furan rings is 1. The van der Waals surface area contributed by atoms with Gasteiger partial charge in [0.25, 0.3) is 0 Å². The van der Waals surface area contributed by atoms with Crippen molar-refractivity contribution in [2.45, 2.75) is 18.5 Å². The Labute approximate surface area is 73.5 Å². The van der Waals surface area contributed by atoms with E-state index in [1.807, 2.05) is 0 Å². The zero-order chi connectivity index (χ0) is 9.90. The summed E-state index contributed by atoms with van der Waals surface area (Å²) in [5, 5.41) is 0. The summed E-state index contributed by atoms with van der Waals surface area (Å²) in [6.45, 7) is -0.00905. The minimum Gasteiger partial charge on any atom is -0.469 e. The molecule has 1 atom stereocenters. The summed E-state index contributed by atoms with van der Waals surface area (Å²) in [5.74, 6) is -1.65. The van der Waals surface area contributed by atoms with Crippen molar-refractivity contribution in [1.82, 2.24) is 0 Å². The Morgan fingerprint density at radius 2 is 2.15 bits per heavy atom. The monoisotopic (exact) mass is 193 g/mol. The first kappa shape index (κ1) is 10.1. The van der Waals surface area contributed by atoms with Gasteiger partial charge in [0, 0.05) is 0 Å². The van der Waals surface area contributed by atoms with Gasteiger partial charge in [-0.05, 0) is 25.1 Å². The lowest BCUT2D eigenvalue weighted by Crippen LogP contribution is -2.23. The summed E-state index contributed by atoms with van der Waals surface area (Å²) in [6, 6.07) is 2.75. The van der Waals surface area contributed by atoms with Crippen LogP contribution in [0.15, 0.2) is 22.8 Å². The van der Waals surface area contributed by atoms with Crippen LogP contribution in [0.4, 0.5) is 13.2 Å². The highest BCUT2D eigenvalue weighted by molar-refractivity contribution is 5.07. The van der Waals surface area contributed by atoms with Gasteiger partial charge in [-0.3, -0.25) is 0 Å². The summed E-state index contributed by atoms with van der Waals surface area (Å²) in [7, 11) is 0. The Hall–Kier alpha value is -0.970. The minimum absolute atomic E-state index is 0.00905. The van der Waals surface area contributed by atoms with Gasteiger partial charge >= 0.3 is 6.18 Å². The average molecular weight is 193 g/mol. The van der Waals surface area contributed by atoms with Gasteiger partial charge < -0.3 is 10.2 Å². The summed E-state index contributed by atoms with van der Waals surface area (Å²) in [4.78, 5) is 0. The van der Waals surface area contributed by atoms with Crippen molar-refractivity contribution in [2.75, 3.05) is 6.54 Å². The van der Waals surface area contributed by atoms with Crippen LogP contribution in [0, 0.1) is 0 Å². The largest absolute Gasteiger partial charge is 0.469 e. The highest BCUT2D eigenvalue weighted by Crippen LogP contribution is 2.36. The molecule has 0 aliphatic carbocycles. The van der Waals surface area contributed by atoms with Crippen LogP contribution in [0.25, 0.3) is 0 Å². The van der Waals surface area contributed by atoms with Crippen LogP contribution in [0.5, 0.6) is 0 Å². The van der Waals surface area contributed by atoms with Crippen molar-refractivity contribution in [2.24, 2.45) is 5.73 Å². The van der Waals surface area contributed by atoms with E-state index in [9.17, 15) is 13.2 Å². The highest BCUT2D eigenvalue weighted by Gasteiger charge is 2.41. The second-order valence-corrected chi connectivity index (χ2v) is 2.69. The summed E-state index contributed by atoms with van der Waals surface area (Å²) in [6.07, 6.45) is -3.20. The second-order valence-electron chi connectivity index (χ2n) is 2.69. The van der Waals surface area contributed by atoms with Gasteiger partial charge in [-0.15, -0.1) is 0 Å². The number of nitrogens with two attached hydrogens (primary N) is 1. The van der Waals surface area contributed by atoms with Gasteiger partial charge in [-0.1, -0.05) is 0 Å². The Morgan fingerprint density at radius 3 is 2.54 bits per heavy atom. The van der Waals surface area contributed by atoms with Crippen LogP contribution in [-0.2, 0) is 0 Å². The van der Waals surface area contributed by atoms with Gasteiger partial charge in [0.2, 0.25) is 0 Å². The van der Waals surface area contributed by atoms with Gasteiger partial charge in [-0.25, -0.2) is 0 Å². The molecule has 1 heterocycles. The first-order valence-corrected chi connectivity index (χ1v) is 3.86. The Morgan fingerprint density at radius 1 is 1.46 bits per heavy atom. The molecule has 1 unspecified atom stereocenters. The first-order chi connectivity index (χ1) is 6.05. The van der Waals surface area contributed by atoms with E-state index in [0.29, 0.717) is 0 Å². The molecule has 0 saturated heterocycles. The van der Waals surface area contributed by atoms with Crippen molar-refractivity contribution in [3.8, 4) is 0 Å². The minimum atomic E-state index is -4.28. The standard InChI is InChI=1S/C8H10F3NO/c9-8(10,11)6(3-4-12)7-2-1-5-13-7/h1-2,5-6H,3-4,12H2. The fraction of sp³-hybridized carbons (Fsp3) is 0.500. The van der Waals surface area contributed by atoms with E-state index < -0.39 is 12.1 Å². The van der Waals surface area contributed by atoms with E-state index in [1.165, 1.54) is 18.4 Å². The number of hydrogen-bond acceptors (Lipinski definition) is 2. The number of rotatable bonds is 3. The quantitative estimate of drug-likeness (QED) is 0.799. The van der Waals surface area contributed by atoms with Gasteiger partial charge in [0.1, 0.15) is 11.7 Å². The van der Waals surface area contributed by atoms with Gasteiger partial charge in [0.15, 0.2) is 0 Å². The van der Waals surface area contributed by atoms with Crippen LogP contribution < -0.4 is 5.73 Å². The molecule has 0 saturated carbocycles. The molecule has 1 rings (SSSR count). The maximum absolute atomic E-state index is 12.4. The molecule has 1 aromatic rings. The fourth-order valence-corrected chi connectivity index (χ4v) is 1.12. The molecular formula is C8H10F3NO. The normalized spacial score (nSPS) is 14.5. The van der Waals surface area contributed by atoms with Crippen molar-refractivity contribution in [1.29, 1.82) is 0 Å². The molecule has 5 heteroatoms. The fourth-order valence-electron chi connectivity index (χ4n) is 1.12. The third-order valence-electron chi connectivity index (χ3n) is 1.74. The van der Waals surface area contributed by atoms with Crippen molar-refractivity contribution < 1.29 is 17.6 Å². The van der Waals surface area contributed by atoms with Crippen LogP contribution in [-0.4, -0.2) is 12.7 Å². The lowest BCUT2D eigenvalue weighted by atomic mass is 10.0. The zero-order valence-corrected chi connectivity index (χ0v) is 6.84. The van der Waals surface area contributed by atoms with E-state index in [0.717, 1.165) is 0 Å². The van der Waals surface area contributed by atoms with E-state index in [1.54, 1.807) is 0 Å². The Kier molecular flexibility index (Phi) is 2.98. The molecule has 0 radical (unpaired) electrons. The topological polar surface area (TPSA) is 39.2 Å². The molecule has 0 aromatic carbocycles. The lowest BCUT2D eigenvalue weighted by molar-refractivity contribution is -0.155. The van der Waals surface area contributed by atoms with E-state index >= 15 is 0 Å². The first-order valence-electron chi connectivity index (χ1n) is 3.86. The predicted octanol–water partition coefficient (Wildman–Crippen LogP) is 2.27. The molecule has 13 heavy (non-hydrogen) atoms. The molecule has 74 valence electrons. The Balaban J connectivity index is 2.81. The molecule has 2 N–H and O–H groups in total. The van der Waals surface area contributed by atoms with Crippen LogP contribution in [0.2, 0.25) is 0 Å². The summed E-state index contributed by atoms with van der Waals surface area (Å²) < 4.78 is 41.8. The van der Waals surface area contributed by atoms with Crippen molar-refractivity contribution in [3.05, 3.63) is 24.2 Å². The number of halogens is 3. The molecule has 0 aliphatic rings. The average Bonchev–Trinajstić information content (AvgIpc) is 2.49. The van der Waals surface area contributed by atoms with Gasteiger partial charge in [-0.2, -0.15) is 13.2 Å². The molecule has 0 spiro atoms. The zero-order valence-electron chi connectivity index (χ0n) is 6.84. The molecule has 0 aliphatic heterocycles. The molecular weight excluding hydrogens is 183 g/mol. The summed E-state index contributed by atoms with van der Waals surface area (Å²) >= 11 is 0. The SMILES string of the molecule is NCCC(c1ccco1)C(F)(F)F. The van der Waals surface area contributed by atoms with E-state index in [2.05, 4.69) is 0 Å². The van der Waals surface area contributed by atoms with Crippen LogP contribution in [0.3, 0.4) is 0 Å². The molecule has 0 bridgehead atoms. The third-order valence-corrected chi connectivity index (χ3v) is 1.74. The maximum atomic E-state index is 12.4. The second kappa shape index (κ2) is 3.83. The summed E-state index contributed by atoms with van der Waals surface area (Å²) in [5.41, 5.74) is 5.09. The molecule has 2 nitrogen and oxygen atoms in total.